The first kappa shape index (κ1) is 12.4. The standard InChI is InChI=1S/C12H17BO4/c1-8-7-15-10(6-9(8)14)13-16-11(2,3)12(4,5)17-13/h6-7H,1-5H3. The lowest BCUT2D eigenvalue weighted by Gasteiger charge is -2.32. The fraction of sp³-hybridized carbons (Fsp3) is 0.583. The molecule has 2 heterocycles. The van der Waals surface area contributed by atoms with Crippen LogP contribution in [0.15, 0.2) is 21.5 Å². The lowest BCUT2D eigenvalue weighted by atomic mass is 9.85. The van der Waals surface area contributed by atoms with Crippen molar-refractivity contribution in [3.05, 3.63) is 28.1 Å². The van der Waals surface area contributed by atoms with E-state index < -0.39 is 18.3 Å². The van der Waals surface area contributed by atoms with E-state index in [9.17, 15) is 4.79 Å². The normalized spacial score (nSPS) is 21.8. The molecule has 0 N–H and O–H groups in total. The maximum atomic E-state index is 11.5. The van der Waals surface area contributed by atoms with Crippen molar-refractivity contribution in [2.24, 2.45) is 0 Å². The molecule has 2 rings (SSSR count). The van der Waals surface area contributed by atoms with Gasteiger partial charge in [0.05, 0.1) is 17.5 Å². The van der Waals surface area contributed by atoms with E-state index in [1.165, 1.54) is 12.3 Å². The molecule has 17 heavy (non-hydrogen) atoms. The van der Waals surface area contributed by atoms with Crippen molar-refractivity contribution < 1.29 is 13.7 Å². The van der Waals surface area contributed by atoms with Gasteiger partial charge in [0.1, 0.15) is 5.66 Å². The SMILES string of the molecule is Cc1coc(B2OC(C)(C)C(C)(C)O2)cc1=O. The number of hydrogen-bond acceptors (Lipinski definition) is 4. The smallest absolute Gasteiger partial charge is 0.472 e. The molecule has 5 heteroatoms. The minimum atomic E-state index is -0.617. The molecule has 0 unspecified atom stereocenters. The van der Waals surface area contributed by atoms with Crippen LogP contribution < -0.4 is 11.1 Å². The molecule has 1 aliphatic rings. The van der Waals surface area contributed by atoms with E-state index in [0.29, 0.717) is 11.2 Å². The second-order valence-corrected chi connectivity index (χ2v) is 5.42. The summed E-state index contributed by atoms with van der Waals surface area (Å²) in [5.41, 5.74) is 0.0629. The molecule has 0 atom stereocenters. The van der Waals surface area contributed by atoms with Crippen LogP contribution in [0.5, 0.6) is 0 Å². The fourth-order valence-corrected chi connectivity index (χ4v) is 1.57. The third-order valence-electron chi connectivity index (χ3n) is 3.52. The Balaban J connectivity index is 2.32. The van der Waals surface area contributed by atoms with Crippen molar-refractivity contribution in [2.45, 2.75) is 45.8 Å². The summed E-state index contributed by atoms with van der Waals surface area (Å²) in [6, 6.07) is 1.43. The van der Waals surface area contributed by atoms with Crippen LogP contribution in [0.1, 0.15) is 33.3 Å². The van der Waals surface area contributed by atoms with E-state index >= 15 is 0 Å². The van der Waals surface area contributed by atoms with Gasteiger partial charge in [0, 0.05) is 11.6 Å². The summed E-state index contributed by atoms with van der Waals surface area (Å²) >= 11 is 0. The molecule has 1 aromatic rings. The van der Waals surface area contributed by atoms with Crippen molar-refractivity contribution in [1.29, 1.82) is 0 Å². The summed E-state index contributed by atoms with van der Waals surface area (Å²) < 4.78 is 16.9. The van der Waals surface area contributed by atoms with Crippen LogP contribution in [0.25, 0.3) is 0 Å². The summed E-state index contributed by atoms with van der Waals surface area (Å²) in [7, 11) is -0.617. The topological polar surface area (TPSA) is 48.7 Å². The molecule has 1 fully saturated rings. The minimum absolute atomic E-state index is 0.0686. The lowest BCUT2D eigenvalue weighted by Crippen LogP contribution is -2.41. The van der Waals surface area contributed by atoms with E-state index in [4.69, 9.17) is 13.7 Å². The Bertz CT molecular complexity index is 474. The predicted molar refractivity (Wildman–Crippen MR) is 65.4 cm³/mol. The Morgan fingerprint density at radius 1 is 1.12 bits per heavy atom. The van der Waals surface area contributed by atoms with Gasteiger partial charge >= 0.3 is 7.12 Å². The van der Waals surface area contributed by atoms with Crippen molar-refractivity contribution in [3.8, 4) is 0 Å². The molecule has 92 valence electrons. The molecule has 0 aromatic carbocycles. The van der Waals surface area contributed by atoms with Crippen LogP contribution in [-0.4, -0.2) is 18.3 Å². The van der Waals surface area contributed by atoms with Crippen molar-refractivity contribution in [2.75, 3.05) is 0 Å². The Kier molecular flexibility index (Phi) is 2.71. The van der Waals surface area contributed by atoms with E-state index in [-0.39, 0.29) is 5.43 Å². The van der Waals surface area contributed by atoms with Crippen molar-refractivity contribution in [3.63, 3.8) is 0 Å². The summed E-state index contributed by atoms with van der Waals surface area (Å²) in [5.74, 6) is 0. The molecule has 0 radical (unpaired) electrons. The van der Waals surface area contributed by atoms with E-state index in [2.05, 4.69) is 0 Å². The molecular weight excluding hydrogens is 219 g/mol. The highest BCUT2D eigenvalue weighted by atomic mass is 16.7. The fourth-order valence-electron chi connectivity index (χ4n) is 1.57. The van der Waals surface area contributed by atoms with Crippen LogP contribution in [0.4, 0.5) is 0 Å². The highest BCUT2D eigenvalue weighted by molar-refractivity contribution is 6.60. The first-order chi connectivity index (χ1) is 7.73. The van der Waals surface area contributed by atoms with Gasteiger partial charge in [-0.3, -0.25) is 4.79 Å². The Morgan fingerprint density at radius 2 is 1.65 bits per heavy atom. The zero-order chi connectivity index (χ0) is 12.8. The van der Waals surface area contributed by atoms with E-state index in [1.54, 1.807) is 6.92 Å². The van der Waals surface area contributed by atoms with Crippen LogP contribution >= 0.6 is 0 Å². The zero-order valence-electron chi connectivity index (χ0n) is 10.9. The molecule has 1 aromatic heterocycles. The predicted octanol–water partition coefficient (Wildman–Crippen LogP) is 1.25. The largest absolute Gasteiger partial charge is 0.532 e. The van der Waals surface area contributed by atoms with Gasteiger partial charge in [-0.2, -0.15) is 0 Å². The second-order valence-electron chi connectivity index (χ2n) is 5.42. The van der Waals surface area contributed by atoms with Gasteiger partial charge in [0.15, 0.2) is 5.43 Å². The molecule has 0 bridgehead atoms. The second kappa shape index (κ2) is 3.72. The number of hydrogen-bond donors (Lipinski definition) is 0. The Hall–Kier alpha value is -1.07. The van der Waals surface area contributed by atoms with Crippen LogP contribution in [0, 0.1) is 6.92 Å². The van der Waals surface area contributed by atoms with Gasteiger partial charge in [-0.25, -0.2) is 0 Å². The summed E-state index contributed by atoms with van der Waals surface area (Å²) in [5, 5.41) is 0. The molecule has 0 aliphatic carbocycles. The number of rotatable bonds is 1. The Labute approximate surface area is 101 Å². The van der Waals surface area contributed by atoms with Crippen molar-refractivity contribution in [1.82, 2.24) is 0 Å². The maximum Gasteiger partial charge on any atom is 0.532 e. The van der Waals surface area contributed by atoms with Crippen LogP contribution in [-0.2, 0) is 9.31 Å². The number of aryl methyl sites for hydroxylation is 1. The maximum absolute atomic E-state index is 11.5. The van der Waals surface area contributed by atoms with Crippen molar-refractivity contribution >= 4 is 12.8 Å². The summed E-state index contributed by atoms with van der Waals surface area (Å²) in [4.78, 5) is 11.5. The molecule has 0 saturated carbocycles. The van der Waals surface area contributed by atoms with E-state index in [1.807, 2.05) is 27.7 Å². The summed E-state index contributed by atoms with van der Waals surface area (Å²) in [6.45, 7) is 9.54. The molecule has 4 nitrogen and oxygen atoms in total. The quantitative estimate of drug-likeness (QED) is 0.688. The zero-order valence-corrected chi connectivity index (χ0v) is 10.9. The van der Waals surface area contributed by atoms with Gasteiger partial charge in [0.25, 0.3) is 0 Å². The monoisotopic (exact) mass is 236 g/mol. The highest BCUT2D eigenvalue weighted by Crippen LogP contribution is 2.36. The molecule has 0 spiro atoms. The molecular formula is C12H17BO4. The average molecular weight is 236 g/mol. The third kappa shape index (κ3) is 2.05. The third-order valence-corrected chi connectivity index (χ3v) is 3.52. The summed E-state index contributed by atoms with van der Waals surface area (Å²) in [6.07, 6.45) is 1.43. The average Bonchev–Trinajstić information content (AvgIpc) is 2.41. The first-order valence-electron chi connectivity index (χ1n) is 5.68. The lowest BCUT2D eigenvalue weighted by molar-refractivity contribution is 0.00578. The molecule has 1 aliphatic heterocycles. The van der Waals surface area contributed by atoms with Crippen LogP contribution in [0.2, 0.25) is 0 Å². The van der Waals surface area contributed by atoms with Gasteiger partial charge in [-0.1, -0.05) is 0 Å². The van der Waals surface area contributed by atoms with Gasteiger partial charge in [0.2, 0.25) is 0 Å². The van der Waals surface area contributed by atoms with Gasteiger partial charge < -0.3 is 13.7 Å². The minimum Gasteiger partial charge on any atom is -0.472 e. The highest BCUT2D eigenvalue weighted by Gasteiger charge is 2.53. The molecule has 0 amide bonds. The van der Waals surface area contributed by atoms with Gasteiger partial charge in [-0.15, -0.1) is 0 Å². The van der Waals surface area contributed by atoms with Crippen LogP contribution in [0.3, 0.4) is 0 Å². The van der Waals surface area contributed by atoms with Gasteiger partial charge in [-0.05, 0) is 34.6 Å². The first-order valence-corrected chi connectivity index (χ1v) is 5.68. The Morgan fingerprint density at radius 3 is 2.12 bits per heavy atom. The molecule has 1 saturated heterocycles. The van der Waals surface area contributed by atoms with E-state index in [0.717, 1.165) is 0 Å².